The van der Waals surface area contributed by atoms with E-state index in [9.17, 15) is 0 Å². The van der Waals surface area contributed by atoms with Crippen LogP contribution in [0.2, 0.25) is 0 Å². The molecule has 0 radical (unpaired) electrons. The van der Waals surface area contributed by atoms with Crippen molar-refractivity contribution in [3.8, 4) is 0 Å². The van der Waals surface area contributed by atoms with E-state index in [2.05, 4.69) is 23.7 Å². The van der Waals surface area contributed by atoms with Gasteiger partial charge >= 0.3 is 0 Å². The molecule has 1 aromatic heterocycles. The third-order valence-corrected chi connectivity index (χ3v) is 3.62. The Bertz CT molecular complexity index is 374. The number of hydrogen-bond acceptors (Lipinski definition) is 4. The van der Waals surface area contributed by atoms with Crippen molar-refractivity contribution in [3.05, 3.63) is 17.5 Å². The topological polar surface area (TPSA) is 55.0 Å². The van der Waals surface area contributed by atoms with Gasteiger partial charge in [-0.2, -0.15) is 0 Å². The van der Waals surface area contributed by atoms with Crippen LogP contribution in [0.3, 0.4) is 0 Å². The van der Waals surface area contributed by atoms with Crippen LogP contribution < -0.4 is 10.6 Å². The quantitative estimate of drug-likeness (QED) is 0.855. The fourth-order valence-corrected chi connectivity index (χ4v) is 2.43. The van der Waals surface area contributed by atoms with Crippen molar-refractivity contribution >= 4 is 5.95 Å². The van der Waals surface area contributed by atoms with Crippen molar-refractivity contribution in [1.29, 1.82) is 0 Å². The largest absolute Gasteiger partial charge is 0.341 e. The third kappa shape index (κ3) is 2.57. The molecule has 0 saturated heterocycles. The molecule has 0 spiro atoms. The molecule has 94 valence electrons. The lowest BCUT2D eigenvalue weighted by Gasteiger charge is -2.25. The van der Waals surface area contributed by atoms with E-state index in [-0.39, 0.29) is 0 Å². The highest BCUT2D eigenvalue weighted by molar-refractivity contribution is 5.34. The van der Waals surface area contributed by atoms with Crippen LogP contribution in [-0.2, 0) is 12.8 Å². The van der Waals surface area contributed by atoms with Gasteiger partial charge in [0.05, 0.1) is 0 Å². The minimum Gasteiger partial charge on any atom is -0.341 e. The Kier molecular flexibility index (Phi) is 3.94. The lowest BCUT2D eigenvalue weighted by atomic mass is 9.87. The average Bonchev–Trinajstić information content (AvgIpc) is 2.39. The standard InChI is InChI=1S/C13H22N4/c1-3-17(4-2)13-15-9-11-7-10(8-14)5-6-12(11)16-13/h9-10H,3-8,14H2,1-2H3. The number of nitrogens with two attached hydrogens (primary N) is 1. The van der Waals surface area contributed by atoms with Gasteiger partial charge in [-0.1, -0.05) is 0 Å². The lowest BCUT2D eigenvalue weighted by molar-refractivity contribution is 0.461. The Hall–Kier alpha value is -1.16. The molecular formula is C13H22N4. The molecule has 1 aliphatic carbocycles. The molecule has 0 aliphatic heterocycles. The van der Waals surface area contributed by atoms with Crippen LogP contribution in [0, 0.1) is 5.92 Å². The molecule has 1 atom stereocenters. The van der Waals surface area contributed by atoms with Crippen molar-refractivity contribution in [2.45, 2.75) is 33.1 Å². The van der Waals surface area contributed by atoms with Gasteiger partial charge in [0.15, 0.2) is 0 Å². The fourth-order valence-electron chi connectivity index (χ4n) is 2.43. The molecule has 0 saturated carbocycles. The van der Waals surface area contributed by atoms with Crippen LogP contribution in [-0.4, -0.2) is 29.6 Å². The molecule has 0 fully saturated rings. The Morgan fingerprint density at radius 3 is 2.82 bits per heavy atom. The molecule has 4 heteroatoms. The van der Waals surface area contributed by atoms with Crippen LogP contribution in [0.15, 0.2) is 6.20 Å². The molecule has 1 heterocycles. The molecular weight excluding hydrogens is 212 g/mol. The first kappa shape index (κ1) is 12.3. The summed E-state index contributed by atoms with van der Waals surface area (Å²) in [6.45, 7) is 6.96. The number of fused-ring (bicyclic) bond motifs is 1. The van der Waals surface area contributed by atoms with Crippen molar-refractivity contribution in [1.82, 2.24) is 9.97 Å². The van der Waals surface area contributed by atoms with E-state index in [0.717, 1.165) is 44.8 Å². The molecule has 0 aromatic carbocycles. The van der Waals surface area contributed by atoms with Gasteiger partial charge in [-0.15, -0.1) is 0 Å². The van der Waals surface area contributed by atoms with Crippen molar-refractivity contribution in [2.75, 3.05) is 24.5 Å². The summed E-state index contributed by atoms with van der Waals surface area (Å²) in [6.07, 6.45) is 5.26. The van der Waals surface area contributed by atoms with Crippen molar-refractivity contribution in [3.63, 3.8) is 0 Å². The summed E-state index contributed by atoms with van der Waals surface area (Å²) in [5, 5.41) is 0. The van der Waals surface area contributed by atoms with E-state index >= 15 is 0 Å². The highest BCUT2D eigenvalue weighted by atomic mass is 15.2. The van der Waals surface area contributed by atoms with Gasteiger partial charge in [-0.3, -0.25) is 0 Å². The highest BCUT2D eigenvalue weighted by Crippen LogP contribution is 2.24. The zero-order valence-corrected chi connectivity index (χ0v) is 10.8. The normalized spacial score (nSPS) is 18.9. The number of hydrogen-bond donors (Lipinski definition) is 1. The highest BCUT2D eigenvalue weighted by Gasteiger charge is 2.20. The van der Waals surface area contributed by atoms with Crippen molar-refractivity contribution < 1.29 is 0 Å². The second-order valence-corrected chi connectivity index (χ2v) is 4.66. The number of nitrogens with zero attached hydrogens (tertiary/aromatic N) is 3. The van der Waals surface area contributed by atoms with Crippen LogP contribution in [0.1, 0.15) is 31.5 Å². The first-order chi connectivity index (χ1) is 8.28. The van der Waals surface area contributed by atoms with Crippen LogP contribution in [0.4, 0.5) is 5.95 Å². The summed E-state index contributed by atoms with van der Waals surface area (Å²) in [4.78, 5) is 11.4. The summed E-state index contributed by atoms with van der Waals surface area (Å²) in [6, 6.07) is 0. The van der Waals surface area contributed by atoms with Crippen LogP contribution >= 0.6 is 0 Å². The Labute approximate surface area is 103 Å². The average molecular weight is 234 g/mol. The smallest absolute Gasteiger partial charge is 0.225 e. The van der Waals surface area contributed by atoms with Gasteiger partial charge in [0, 0.05) is 25.0 Å². The van der Waals surface area contributed by atoms with E-state index in [1.54, 1.807) is 0 Å². The number of anilines is 1. The first-order valence-corrected chi connectivity index (χ1v) is 6.58. The maximum Gasteiger partial charge on any atom is 0.225 e. The Morgan fingerprint density at radius 2 is 2.18 bits per heavy atom. The molecule has 4 nitrogen and oxygen atoms in total. The molecule has 0 amide bonds. The summed E-state index contributed by atoms with van der Waals surface area (Å²) in [5.74, 6) is 1.49. The van der Waals surface area contributed by atoms with Gasteiger partial charge in [-0.05, 0) is 51.1 Å². The van der Waals surface area contributed by atoms with Gasteiger partial charge in [0.25, 0.3) is 0 Å². The molecule has 1 aliphatic rings. The number of aryl methyl sites for hydroxylation is 1. The van der Waals surface area contributed by atoms with E-state index < -0.39 is 0 Å². The van der Waals surface area contributed by atoms with Crippen molar-refractivity contribution in [2.24, 2.45) is 11.7 Å². The molecule has 1 unspecified atom stereocenters. The maximum absolute atomic E-state index is 5.73. The SMILES string of the molecule is CCN(CC)c1ncc2c(n1)CCC(CN)C2. The summed E-state index contributed by atoms with van der Waals surface area (Å²) in [7, 11) is 0. The number of rotatable bonds is 4. The van der Waals surface area contributed by atoms with E-state index in [1.807, 2.05) is 6.20 Å². The van der Waals surface area contributed by atoms with Crippen LogP contribution in [0.25, 0.3) is 0 Å². The van der Waals surface area contributed by atoms with Gasteiger partial charge in [-0.25, -0.2) is 9.97 Å². The molecule has 17 heavy (non-hydrogen) atoms. The Morgan fingerprint density at radius 1 is 1.41 bits per heavy atom. The second-order valence-electron chi connectivity index (χ2n) is 4.66. The van der Waals surface area contributed by atoms with E-state index in [1.165, 1.54) is 11.3 Å². The van der Waals surface area contributed by atoms with Gasteiger partial charge in [0.1, 0.15) is 0 Å². The lowest BCUT2D eigenvalue weighted by Crippen LogP contribution is -2.27. The fraction of sp³-hybridized carbons (Fsp3) is 0.692. The molecule has 2 rings (SSSR count). The predicted molar refractivity (Wildman–Crippen MR) is 70.2 cm³/mol. The Balaban J connectivity index is 2.20. The third-order valence-electron chi connectivity index (χ3n) is 3.62. The van der Waals surface area contributed by atoms with E-state index in [4.69, 9.17) is 10.7 Å². The van der Waals surface area contributed by atoms with Gasteiger partial charge in [0.2, 0.25) is 5.95 Å². The summed E-state index contributed by atoms with van der Waals surface area (Å²) >= 11 is 0. The van der Waals surface area contributed by atoms with Crippen LogP contribution in [0.5, 0.6) is 0 Å². The minimum absolute atomic E-state index is 0.616. The number of aromatic nitrogens is 2. The maximum atomic E-state index is 5.73. The van der Waals surface area contributed by atoms with Gasteiger partial charge < -0.3 is 10.6 Å². The van der Waals surface area contributed by atoms with E-state index in [0.29, 0.717) is 5.92 Å². The first-order valence-electron chi connectivity index (χ1n) is 6.58. The monoisotopic (exact) mass is 234 g/mol. The molecule has 1 aromatic rings. The molecule has 2 N–H and O–H groups in total. The predicted octanol–water partition coefficient (Wildman–Crippen LogP) is 1.39. The summed E-state index contributed by atoms with van der Waals surface area (Å²) < 4.78 is 0. The molecule has 0 bridgehead atoms. The zero-order valence-electron chi connectivity index (χ0n) is 10.8. The minimum atomic E-state index is 0.616. The second kappa shape index (κ2) is 5.45. The summed E-state index contributed by atoms with van der Waals surface area (Å²) in [5.41, 5.74) is 8.25. The zero-order chi connectivity index (χ0) is 12.3.